The van der Waals surface area contributed by atoms with Crippen LogP contribution in [0.5, 0.6) is 0 Å². The first kappa shape index (κ1) is 12.8. The van der Waals surface area contributed by atoms with E-state index in [1.807, 2.05) is 0 Å². The number of amides is 1. The molecule has 0 aliphatic carbocycles. The standard InChI is InChI=1S/C12H14N2O3S/c1-13-9-3-2-7(12(16)17)4-10(9)14-6-8(18)5-11(14)15/h2-4,8,13,18H,5-6H2,1H3,(H,16,17). The van der Waals surface area contributed by atoms with E-state index in [0.29, 0.717) is 18.7 Å². The van der Waals surface area contributed by atoms with Crippen LogP contribution in [0.2, 0.25) is 0 Å². The van der Waals surface area contributed by atoms with Crippen molar-refractivity contribution < 1.29 is 14.7 Å². The molecule has 1 heterocycles. The van der Waals surface area contributed by atoms with Gasteiger partial charge in [0.2, 0.25) is 5.91 Å². The molecule has 6 heteroatoms. The monoisotopic (exact) mass is 266 g/mol. The number of aromatic carboxylic acids is 1. The number of rotatable bonds is 3. The molecule has 1 saturated heterocycles. The van der Waals surface area contributed by atoms with Crippen molar-refractivity contribution in [2.45, 2.75) is 11.7 Å². The largest absolute Gasteiger partial charge is 0.478 e. The maximum absolute atomic E-state index is 11.8. The minimum absolute atomic E-state index is 0.00399. The number of carboxylic acid groups (broad SMARTS) is 1. The molecule has 1 fully saturated rings. The number of anilines is 2. The molecule has 0 radical (unpaired) electrons. The Kier molecular flexibility index (Phi) is 3.47. The molecule has 1 aromatic carbocycles. The van der Waals surface area contributed by atoms with Crippen molar-refractivity contribution in [1.29, 1.82) is 0 Å². The van der Waals surface area contributed by atoms with Gasteiger partial charge in [0.1, 0.15) is 0 Å². The first-order valence-electron chi connectivity index (χ1n) is 5.56. The highest BCUT2D eigenvalue weighted by Gasteiger charge is 2.30. The van der Waals surface area contributed by atoms with Crippen LogP contribution >= 0.6 is 12.6 Å². The average molecular weight is 266 g/mol. The van der Waals surface area contributed by atoms with Crippen molar-refractivity contribution in [2.24, 2.45) is 0 Å². The number of nitrogens with one attached hydrogen (secondary N) is 1. The van der Waals surface area contributed by atoms with E-state index in [0.717, 1.165) is 5.69 Å². The Balaban J connectivity index is 2.44. The van der Waals surface area contributed by atoms with Gasteiger partial charge in [0.15, 0.2) is 0 Å². The Morgan fingerprint density at radius 3 is 2.78 bits per heavy atom. The van der Waals surface area contributed by atoms with Crippen molar-refractivity contribution in [3.8, 4) is 0 Å². The maximum Gasteiger partial charge on any atom is 0.335 e. The molecule has 0 saturated carbocycles. The molecule has 1 amide bonds. The third-order valence-corrected chi connectivity index (χ3v) is 3.26. The van der Waals surface area contributed by atoms with E-state index in [-0.39, 0.29) is 16.7 Å². The molecular formula is C12H14N2O3S. The third kappa shape index (κ3) is 2.28. The summed E-state index contributed by atoms with van der Waals surface area (Å²) >= 11 is 4.29. The Hall–Kier alpha value is -1.69. The van der Waals surface area contributed by atoms with Crippen LogP contribution in [0.1, 0.15) is 16.8 Å². The van der Waals surface area contributed by atoms with E-state index >= 15 is 0 Å². The zero-order valence-corrected chi connectivity index (χ0v) is 10.8. The number of hydrogen-bond acceptors (Lipinski definition) is 4. The number of nitrogens with zero attached hydrogens (tertiary/aromatic N) is 1. The fourth-order valence-corrected chi connectivity index (χ4v) is 2.34. The molecule has 18 heavy (non-hydrogen) atoms. The van der Waals surface area contributed by atoms with Gasteiger partial charge in [0.25, 0.3) is 0 Å². The van der Waals surface area contributed by atoms with Crippen LogP contribution in [-0.2, 0) is 4.79 Å². The van der Waals surface area contributed by atoms with Gasteiger partial charge in [0.05, 0.1) is 16.9 Å². The second-order valence-corrected chi connectivity index (χ2v) is 4.88. The number of carboxylic acids is 1. The van der Waals surface area contributed by atoms with Gasteiger partial charge in [-0.15, -0.1) is 0 Å². The fourth-order valence-electron chi connectivity index (χ4n) is 2.02. The molecule has 1 unspecified atom stereocenters. The second kappa shape index (κ2) is 4.89. The van der Waals surface area contributed by atoms with Crippen molar-refractivity contribution in [2.75, 3.05) is 23.8 Å². The van der Waals surface area contributed by atoms with Crippen molar-refractivity contribution in [1.82, 2.24) is 0 Å². The average Bonchev–Trinajstić information content (AvgIpc) is 2.67. The topological polar surface area (TPSA) is 69.6 Å². The summed E-state index contributed by atoms with van der Waals surface area (Å²) in [4.78, 5) is 24.4. The molecule has 1 aliphatic rings. The lowest BCUT2D eigenvalue weighted by molar-refractivity contribution is -0.117. The molecular weight excluding hydrogens is 252 g/mol. The third-order valence-electron chi connectivity index (χ3n) is 2.91. The van der Waals surface area contributed by atoms with Crippen LogP contribution in [0.25, 0.3) is 0 Å². The normalized spacial score (nSPS) is 19.1. The summed E-state index contributed by atoms with van der Waals surface area (Å²) in [7, 11) is 1.73. The molecule has 0 aromatic heterocycles. The van der Waals surface area contributed by atoms with Crippen LogP contribution in [0, 0.1) is 0 Å². The number of thiol groups is 1. The lowest BCUT2D eigenvalue weighted by Gasteiger charge is -2.20. The minimum atomic E-state index is -1.01. The van der Waals surface area contributed by atoms with Gasteiger partial charge in [-0.25, -0.2) is 4.79 Å². The first-order chi connectivity index (χ1) is 8.52. The Morgan fingerprint density at radius 2 is 2.28 bits per heavy atom. The van der Waals surface area contributed by atoms with Gasteiger partial charge >= 0.3 is 5.97 Å². The Morgan fingerprint density at radius 1 is 1.56 bits per heavy atom. The van der Waals surface area contributed by atoms with Gasteiger partial charge in [-0.1, -0.05) is 0 Å². The van der Waals surface area contributed by atoms with Gasteiger partial charge in [-0.2, -0.15) is 12.6 Å². The molecule has 1 aliphatic heterocycles. The number of benzene rings is 1. The van der Waals surface area contributed by atoms with E-state index in [2.05, 4.69) is 17.9 Å². The number of carbonyl (C=O) groups is 2. The second-order valence-electron chi connectivity index (χ2n) is 4.15. The lowest BCUT2D eigenvalue weighted by atomic mass is 10.1. The van der Waals surface area contributed by atoms with Crippen molar-refractivity contribution >= 4 is 35.9 Å². The van der Waals surface area contributed by atoms with Crippen LogP contribution in [-0.4, -0.2) is 35.8 Å². The van der Waals surface area contributed by atoms with Gasteiger partial charge in [-0.3, -0.25) is 4.79 Å². The SMILES string of the molecule is CNc1ccc(C(=O)O)cc1N1CC(S)CC1=O. The highest BCUT2D eigenvalue weighted by Crippen LogP contribution is 2.31. The van der Waals surface area contributed by atoms with Crippen LogP contribution < -0.4 is 10.2 Å². The summed E-state index contributed by atoms with van der Waals surface area (Å²) in [5, 5.41) is 12.0. The minimum Gasteiger partial charge on any atom is -0.478 e. The molecule has 0 bridgehead atoms. The van der Waals surface area contributed by atoms with Crippen LogP contribution in [0.3, 0.4) is 0 Å². The summed E-state index contributed by atoms with van der Waals surface area (Å²) in [6.45, 7) is 0.500. The van der Waals surface area contributed by atoms with Gasteiger partial charge in [0, 0.05) is 25.3 Å². The van der Waals surface area contributed by atoms with E-state index in [1.54, 1.807) is 18.0 Å². The van der Waals surface area contributed by atoms with Crippen LogP contribution in [0.4, 0.5) is 11.4 Å². The summed E-state index contributed by atoms with van der Waals surface area (Å²) in [6.07, 6.45) is 0.379. The summed E-state index contributed by atoms with van der Waals surface area (Å²) < 4.78 is 0. The predicted octanol–water partition coefficient (Wildman–Crippen LogP) is 1.46. The van der Waals surface area contributed by atoms with E-state index < -0.39 is 5.97 Å². The fraction of sp³-hybridized carbons (Fsp3) is 0.333. The maximum atomic E-state index is 11.8. The molecule has 1 atom stereocenters. The molecule has 1 aromatic rings. The van der Waals surface area contributed by atoms with E-state index in [1.165, 1.54) is 12.1 Å². The summed E-state index contributed by atoms with van der Waals surface area (Å²) in [5.41, 5.74) is 1.49. The van der Waals surface area contributed by atoms with Crippen molar-refractivity contribution in [3.05, 3.63) is 23.8 Å². The Bertz CT molecular complexity index is 504. The summed E-state index contributed by atoms with van der Waals surface area (Å²) in [5.74, 6) is -1.04. The van der Waals surface area contributed by atoms with E-state index in [4.69, 9.17) is 5.11 Å². The van der Waals surface area contributed by atoms with Gasteiger partial charge < -0.3 is 15.3 Å². The predicted molar refractivity (Wildman–Crippen MR) is 72.7 cm³/mol. The zero-order valence-electron chi connectivity index (χ0n) is 9.88. The zero-order chi connectivity index (χ0) is 13.3. The number of hydrogen-bond donors (Lipinski definition) is 3. The first-order valence-corrected chi connectivity index (χ1v) is 6.08. The van der Waals surface area contributed by atoms with Crippen molar-refractivity contribution in [3.63, 3.8) is 0 Å². The highest BCUT2D eigenvalue weighted by molar-refractivity contribution is 7.81. The summed E-state index contributed by atoms with van der Waals surface area (Å²) in [6, 6.07) is 4.69. The van der Waals surface area contributed by atoms with Crippen LogP contribution in [0.15, 0.2) is 18.2 Å². The quantitative estimate of drug-likeness (QED) is 0.724. The number of carbonyl (C=O) groups excluding carboxylic acids is 1. The molecule has 96 valence electrons. The molecule has 0 spiro atoms. The lowest BCUT2D eigenvalue weighted by Crippen LogP contribution is -2.25. The molecule has 2 N–H and O–H groups in total. The Labute approximate surface area is 110 Å². The van der Waals surface area contributed by atoms with Gasteiger partial charge in [-0.05, 0) is 18.2 Å². The van der Waals surface area contributed by atoms with E-state index in [9.17, 15) is 9.59 Å². The molecule has 2 rings (SSSR count). The highest BCUT2D eigenvalue weighted by atomic mass is 32.1. The smallest absolute Gasteiger partial charge is 0.335 e. The molecule has 5 nitrogen and oxygen atoms in total.